The third-order valence-corrected chi connectivity index (χ3v) is 6.12. The van der Waals surface area contributed by atoms with Crippen LogP contribution in [0.5, 0.6) is 0 Å². The second-order valence-corrected chi connectivity index (χ2v) is 8.44. The van der Waals surface area contributed by atoms with Gasteiger partial charge in [-0.2, -0.15) is 0 Å². The van der Waals surface area contributed by atoms with Crippen molar-refractivity contribution in [3.8, 4) is 0 Å². The summed E-state index contributed by atoms with van der Waals surface area (Å²) in [6.45, 7) is 2.38. The summed E-state index contributed by atoms with van der Waals surface area (Å²) in [4.78, 5) is 0. The number of hydrogen-bond acceptors (Lipinski definition) is 1. The maximum absolute atomic E-state index is 5.98. The molecule has 2 fully saturated rings. The average molecular weight is 349 g/mol. The van der Waals surface area contributed by atoms with E-state index in [-0.39, 0.29) is 0 Å². The van der Waals surface area contributed by atoms with Gasteiger partial charge in [0.2, 0.25) is 0 Å². The molecule has 17 heavy (non-hydrogen) atoms. The Bertz CT molecular complexity index is 213. The van der Waals surface area contributed by atoms with Crippen molar-refractivity contribution in [2.24, 2.45) is 23.5 Å². The van der Waals surface area contributed by atoms with Crippen LogP contribution in [0.3, 0.4) is 0 Å². The first-order valence-electron chi connectivity index (χ1n) is 7.54. The standard InChI is InChI=1S/C15H28IN/c1-11(16)14-6-2-12(3-7-14)10-13-4-8-15(17)9-5-13/h11-15H,2-10,17H2,1H3/t11-,12?,13?,14?,15?/m0/s1. The fourth-order valence-electron chi connectivity index (χ4n) is 3.78. The number of alkyl halides is 1. The number of rotatable bonds is 3. The first kappa shape index (κ1) is 14.1. The van der Waals surface area contributed by atoms with Crippen LogP contribution in [-0.2, 0) is 0 Å². The van der Waals surface area contributed by atoms with E-state index in [1.54, 1.807) is 0 Å². The van der Waals surface area contributed by atoms with E-state index < -0.39 is 0 Å². The van der Waals surface area contributed by atoms with E-state index >= 15 is 0 Å². The molecule has 0 aliphatic heterocycles. The first-order valence-corrected chi connectivity index (χ1v) is 8.79. The molecular weight excluding hydrogens is 321 g/mol. The summed E-state index contributed by atoms with van der Waals surface area (Å²) < 4.78 is 0.876. The van der Waals surface area contributed by atoms with Crippen molar-refractivity contribution in [2.75, 3.05) is 0 Å². The zero-order chi connectivity index (χ0) is 12.3. The molecular formula is C15H28IN. The van der Waals surface area contributed by atoms with Crippen molar-refractivity contribution in [1.82, 2.24) is 0 Å². The largest absolute Gasteiger partial charge is 0.328 e. The lowest BCUT2D eigenvalue weighted by atomic mass is 9.74. The van der Waals surface area contributed by atoms with Gasteiger partial charge in [0.25, 0.3) is 0 Å². The molecule has 0 saturated heterocycles. The highest BCUT2D eigenvalue weighted by atomic mass is 127. The van der Waals surface area contributed by atoms with Crippen LogP contribution in [-0.4, -0.2) is 9.97 Å². The van der Waals surface area contributed by atoms with E-state index in [1.807, 2.05) is 0 Å². The van der Waals surface area contributed by atoms with Gasteiger partial charge in [-0.05, 0) is 62.7 Å². The van der Waals surface area contributed by atoms with Crippen LogP contribution in [0.4, 0.5) is 0 Å². The first-order chi connectivity index (χ1) is 8.15. The summed E-state index contributed by atoms with van der Waals surface area (Å²) in [5, 5.41) is 0. The van der Waals surface area contributed by atoms with Gasteiger partial charge in [0.05, 0.1) is 0 Å². The van der Waals surface area contributed by atoms with Gasteiger partial charge in [-0.25, -0.2) is 0 Å². The summed E-state index contributed by atoms with van der Waals surface area (Å²) in [5.41, 5.74) is 5.98. The Kier molecular flexibility index (Phi) is 5.59. The third-order valence-electron chi connectivity index (χ3n) is 5.10. The topological polar surface area (TPSA) is 26.0 Å². The van der Waals surface area contributed by atoms with Crippen LogP contribution < -0.4 is 5.73 Å². The Balaban J connectivity index is 1.67. The molecule has 100 valence electrons. The minimum Gasteiger partial charge on any atom is -0.328 e. The molecule has 1 atom stereocenters. The lowest BCUT2D eigenvalue weighted by Crippen LogP contribution is -2.28. The summed E-state index contributed by atoms with van der Waals surface area (Å²) in [7, 11) is 0. The molecule has 0 heterocycles. The average Bonchev–Trinajstić information content (AvgIpc) is 2.33. The summed E-state index contributed by atoms with van der Waals surface area (Å²) >= 11 is 2.61. The van der Waals surface area contributed by atoms with Crippen molar-refractivity contribution in [3.05, 3.63) is 0 Å². The van der Waals surface area contributed by atoms with Gasteiger partial charge in [0.15, 0.2) is 0 Å². The van der Waals surface area contributed by atoms with Crippen molar-refractivity contribution in [1.29, 1.82) is 0 Å². The van der Waals surface area contributed by atoms with Crippen molar-refractivity contribution < 1.29 is 0 Å². The van der Waals surface area contributed by atoms with Crippen LogP contribution in [0.2, 0.25) is 0 Å². The minimum absolute atomic E-state index is 0.516. The molecule has 0 unspecified atom stereocenters. The molecule has 2 aliphatic rings. The van der Waals surface area contributed by atoms with Crippen LogP contribution in [0.25, 0.3) is 0 Å². The van der Waals surface area contributed by atoms with Crippen LogP contribution in [0, 0.1) is 17.8 Å². The van der Waals surface area contributed by atoms with Gasteiger partial charge in [-0.3, -0.25) is 0 Å². The summed E-state index contributed by atoms with van der Waals surface area (Å²) in [6.07, 6.45) is 12.9. The van der Waals surface area contributed by atoms with Crippen LogP contribution in [0.15, 0.2) is 0 Å². The number of hydrogen-bond donors (Lipinski definition) is 1. The Morgan fingerprint density at radius 3 is 1.88 bits per heavy atom. The number of nitrogens with two attached hydrogens (primary N) is 1. The molecule has 2 saturated carbocycles. The molecule has 1 nitrogen and oxygen atoms in total. The van der Waals surface area contributed by atoms with E-state index in [4.69, 9.17) is 5.73 Å². The van der Waals surface area contributed by atoms with Gasteiger partial charge >= 0.3 is 0 Å². The Hall–Kier alpha value is 0.690. The Morgan fingerprint density at radius 1 is 0.941 bits per heavy atom. The molecule has 2 heteroatoms. The van der Waals surface area contributed by atoms with Crippen LogP contribution >= 0.6 is 22.6 Å². The second kappa shape index (κ2) is 6.74. The Morgan fingerprint density at radius 2 is 1.41 bits per heavy atom. The molecule has 2 rings (SSSR count). The zero-order valence-corrected chi connectivity index (χ0v) is 13.4. The molecule has 0 aromatic carbocycles. The molecule has 2 N–H and O–H groups in total. The highest BCUT2D eigenvalue weighted by Crippen LogP contribution is 2.38. The third kappa shape index (κ3) is 4.38. The van der Waals surface area contributed by atoms with Gasteiger partial charge in [-0.15, -0.1) is 0 Å². The van der Waals surface area contributed by atoms with Crippen LogP contribution in [0.1, 0.15) is 64.7 Å². The van der Waals surface area contributed by atoms with E-state index in [9.17, 15) is 0 Å². The van der Waals surface area contributed by atoms with Gasteiger partial charge < -0.3 is 5.73 Å². The maximum atomic E-state index is 5.98. The predicted molar refractivity (Wildman–Crippen MR) is 83.5 cm³/mol. The lowest BCUT2D eigenvalue weighted by molar-refractivity contribution is 0.207. The quantitative estimate of drug-likeness (QED) is 0.588. The monoisotopic (exact) mass is 349 g/mol. The fraction of sp³-hybridized carbons (Fsp3) is 1.00. The van der Waals surface area contributed by atoms with E-state index in [0.29, 0.717) is 6.04 Å². The molecule has 0 bridgehead atoms. The van der Waals surface area contributed by atoms with Crippen molar-refractivity contribution in [2.45, 2.75) is 74.7 Å². The lowest BCUT2D eigenvalue weighted by Gasteiger charge is -2.34. The molecule has 0 aromatic rings. The molecule has 0 spiro atoms. The Labute approximate surface area is 120 Å². The predicted octanol–water partition coefficient (Wildman–Crippen LogP) is 4.52. The number of halogens is 1. The molecule has 2 aliphatic carbocycles. The fourth-order valence-corrected chi connectivity index (χ4v) is 4.50. The molecule has 0 amide bonds. The highest BCUT2D eigenvalue weighted by molar-refractivity contribution is 14.1. The summed E-state index contributed by atoms with van der Waals surface area (Å²) in [6, 6.07) is 0.516. The van der Waals surface area contributed by atoms with Gasteiger partial charge in [-0.1, -0.05) is 42.4 Å². The minimum atomic E-state index is 0.516. The zero-order valence-electron chi connectivity index (χ0n) is 11.2. The highest BCUT2D eigenvalue weighted by Gasteiger charge is 2.27. The van der Waals surface area contributed by atoms with E-state index in [0.717, 1.165) is 21.7 Å². The van der Waals surface area contributed by atoms with Crippen molar-refractivity contribution in [3.63, 3.8) is 0 Å². The summed E-state index contributed by atoms with van der Waals surface area (Å²) in [5.74, 6) is 3.06. The van der Waals surface area contributed by atoms with Gasteiger partial charge in [0, 0.05) is 9.97 Å². The van der Waals surface area contributed by atoms with E-state index in [2.05, 4.69) is 29.5 Å². The second-order valence-electron chi connectivity index (χ2n) is 6.47. The molecule has 0 aromatic heterocycles. The van der Waals surface area contributed by atoms with E-state index in [1.165, 1.54) is 57.8 Å². The SMILES string of the molecule is C[C@H](I)C1CCC(CC2CCC(N)CC2)CC1. The molecule has 0 radical (unpaired) electrons. The van der Waals surface area contributed by atoms with Crippen molar-refractivity contribution >= 4 is 22.6 Å². The maximum Gasteiger partial charge on any atom is 0.0110 e. The van der Waals surface area contributed by atoms with Gasteiger partial charge in [0.1, 0.15) is 0 Å². The smallest absolute Gasteiger partial charge is 0.0110 e. The normalized spacial score (nSPS) is 41.1.